The molecule has 0 aliphatic heterocycles. The second kappa shape index (κ2) is 5.22. The van der Waals surface area contributed by atoms with Crippen LogP contribution in [-0.4, -0.2) is 17.8 Å². The minimum absolute atomic E-state index is 0.539. The van der Waals surface area contributed by atoms with E-state index in [0.29, 0.717) is 18.3 Å². The Morgan fingerprint density at radius 3 is 2.67 bits per heavy atom. The summed E-state index contributed by atoms with van der Waals surface area (Å²) in [5.74, 6) is 2.18. The summed E-state index contributed by atoms with van der Waals surface area (Å²) < 4.78 is 6.39. The molecular formula is C15H21BrO2. The number of rotatable bonds is 4. The highest BCUT2D eigenvalue weighted by Gasteiger charge is 2.43. The summed E-state index contributed by atoms with van der Waals surface area (Å²) in [6, 6.07) is 5.95. The first kappa shape index (κ1) is 13.9. The molecule has 3 heteroatoms. The molecule has 0 unspecified atom stereocenters. The van der Waals surface area contributed by atoms with E-state index in [-0.39, 0.29) is 0 Å². The smallest absolute Gasteiger partial charge is 0.122 e. The Balaban J connectivity index is 2.08. The van der Waals surface area contributed by atoms with E-state index < -0.39 is 5.60 Å². The van der Waals surface area contributed by atoms with Gasteiger partial charge in [0.15, 0.2) is 0 Å². The lowest BCUT2D eigenvalue weighted by atomic mass is 9.64. The van der Waals surface area contributed by atoms with Crippen LogP contribution in [0, 0.1) is 11.8 Å². The van der Waals surface area contributed by atoms with Crippen LogP contribution in [0.3, 0.4) is 0 Å². The van der Waals surface area contributed by atoms with Crippen molar-refractivity contribution in [3.05, 3.63) is 28.2 Å². The molecule has 100 valence electrons. The normalized spacial score (nSPS) is 27.1. The SMILES string of the molecule is COc1ccc(Br)cc1CC1(O)CC(C(C)C)C1. The maximum Gasteiger partial charge on any atom is 0.122 e. The van der Waals surface area contributed by atoms with E-state index in [0.717, 1.165) is 28.6 Å². The van der Waals surface area contributed by atoms with Gasteiger partial charge in [0.05, 0.1) is 12.7 Å². The molecular weight excluding hydrogens is 292 g/mol. The van der Waals surface area contributed by atoms with Crippen molar-refractivity contribution in [3.63, 3.8) is 0 Å². The predicted octanol–water partition coefficient (Wildman–Crippen LogP) is 3.80. The maximum atomic E-state index is 10.5. The first-order valence-electron chi connectivity index (χ1n) is 6.48. The Bertz CT molecular complexity index is 423. The van der Waals surface area contributed by atoms with Gasteiger partial charge in [0.1, 0.15) is 5.75 Å². The zero-order valence-corrected chi connectivity index (χ0v) is 12.8. The van der Waals surface area contributed by atoms with Crippen LogP contribution in [0.15, 0.2) is 22.7 Å². The van der Waals surface area contributed by atoms with Crippen LogP contribution in [-0.2, 0) is 6.42 Å². The summed E-state index contributed by atoms with van der Waals surface area (Å²) in [6.45, 7) is 4.45. The van der Waals surface area contributed by atoms with Crippen molar-refractivity contribution in [2.75, 3.05) is 7.11 Å². The molecule has 0 amide bonds. The van der Waals surface area contributed by atoms with Gasteiger partial charge in [-0.15, -0.1) is 0 Å². The number of halogens is 1. The zero-order valence-electron chi connectivity index (χ0n) is 11.2. The van der Waals surface area contributed by atoms with Gasteiger partial charge in [-0.2, -0.15) is 0 Å². The number of benzene rings is 1. The van der Waals surface area contributed by atoms with Crippen LogP contribution in [0.2, 0.25) is 0 Å². The molecule has 0 aromatic heterocycles. The molecule has 0 bridgehead atoms. The maximum absolute atomic E-state index is 10.5. The number of methoxy groups -OCH3 is 1. The molecule has 18 heavy (non-hydrogen) atoms. The highest BCUT2D eigenvalue weighted by atomic mass is 79.9. The van der Waals surface area contributed by atoms with Crippen molar-refractivity contribution in [1.82, 2.24) is 0 Å². The topological polar surface area (TPSA) is 29.5 Å². The zero-order chi connectivity index (χ0) is 13.3. The number of ether oxygens (including phenoxy) is 1. The lowest BCUT2D eigenvalue weighted by molar-refractivity contribution is -0.0862. The van der Waals surface area contributed by atoms with Crippen LogP contribution in [0.1, 0.15) is 32.3 Å². The number of aliphatic hydroxyl groups is 1. The van der Waals surface area contributed by atoms with E-state index in [2.05, 4.69) is 29.8 Å². The summed E-state index contributed by atoms with van der Waals surface area (Å²) in [6.07, 6.45) is 2.49. The van der Waals surface area contributed by atoms with Gasteiger partial charge in [-0.25, -0.2) is 0 Å². The lowest BCUT2D eigenvalue weighted by Crippen LogP contribution is -2.47. The van der Waals surface area contributed by atoms with E-state index >= 15 is 0 Å². The monoisotopic (exact) mass is 312 g/mol. The third-order valence-electron chi connectivity index (χ3n) is 3.99. The minimum Gasteiger partial charge on any atom is -0.496 e. The Labute approximate surface area is 117 Å². The van der Waals surface area contributed by atoms with Crippen LogP contribution in [0.5, 0.6) is 5.75 Å². The van der Waals surface area contributed by atoms with Gasteiger partial charge in [-0.05, 0) is 48.4 Å². The fourth-order valence-electron chi connectivity index (χ4n) is 2.77. The first-order chi connectivity index (χ1) is 8.43. The van der Waals surface area contributed by atoms with Crippen LogP contribution in [0.4, 0.5) is 0 Å². The quantitative estimate of drug-likeness (QED) is 0.916. The second-order valence-corrected chi connectivity index (χ2v) is 6.69. The molecule has 0 heterocycles. The molecule has 0 spiro atoms. The third-order valence-corrected chi connectivity index (χ3v) is 4.48. The van der Waals surface area contributed by atoms with Crippen molar-refractivity contribution >= 4 is 15.9 Å². The molecule has 1 aromatic carbocycles. The fraction of sp³-hybridized carbons (Fsp3) is 0.600. The summed E-state index contributed by atoms with van der Waals surface area (Å²) in [7, 11) is 1.68. The highest BCUT2D eigenvalue weighted by molar-refractivity contribution is 9.10. The van der Waals surface area contributed by atoms with Crippen molar-refractivity contribution < 1.29 is 9.84 Å². The number of hydrogen-bond donors (Lipinski definition) is 1. The molecule has 0 radical (unpaired) electrons. The third kappa shape index (κ3) is 2.89. The van der Waals surface area contributed by atoms with E-state index in [1.165, 1.54) is 0 Å². The van der Waals surface area contributed by atoms with E-state index in [1.807, 2.05) is 18.2 Å². The molecule has 2 rings (SSSR count). The molecule has 0 saturated heterocycles. The van der Waals surface area contributed by atoms with Gasteiger partial charge >= 0.3 is 0 Å². The van der Waals surface area contributed by atoms with Gasteiger partial charge in [0, 0.05) is 10.9 Å². The van der Waals surface area contributed by atoms with Crippen molar-refractivity contribution in [1.29, 1.82) is 0 Å². The van der Waals surface area contributed by atoms with E-state index in [9.17, 15) is 5.11 Å². The highest BCUT2D eigenvalue weighted by Crippen LogP contribution is 2.45. The minimum atomic E-state index is -0.539. The Morgan fingerprint density at radius 2 is 2.11 bits per heavy atom. The Hall–Kier alpha value is -0.540. The number of hydrogen-bond acceptors (Lipinski definition) is 2. The van der Waals surface area contributed by atoms with Gasteiger partial charge in [0.2, 0.25) is 0 Å². The second-order valence-electron chi connectivity index (χ2n) is 5.77. The summed E-state index contributed by atoms with van der Waals surface area (Å²) in [5, 5.41) is 10.5. The molecule has 1 aliphatic rings. The average molecular weight is 313 g/mol. The molecule has 1 aromatic rings. The van der Waals surface area contributed by atoms with Gasteiger partial charge in [-0.3, -0.25) is 0 Å². The molecule has 1 saturated carbocycles. The summed E-state index contributed by atoms with van der Waals surface area (Å²) in [4.78, 5) is 0. The summed E-state index contributed by atoms with van der Waals surface area (Å²) in [5.41, 5.74) is 0.541. The lowest BCUT2D eigenvalue weighted by Gasteiger charge is -2.46. The first-order valence-corrected chi connectivity index (χ1v) is 7.27. The fourth-order valence-corrected chi connectivity index (χ4v) is 3.18. The van der Waals surface area contributed by atoms with Crippen molar-refractivity contribution in [3.8, 4) is 5.75 Å². The van der Waals surface area contributed by atoms with E-state index in [1.54, 1.807) is 7.11 Å². The van der Waals surface area contributed by atoms with Crippen LogP contribution >= 0.6 is 15.9 Å². The largest absolute Gasteiger partial charge is 0.496 e. The Morgan fingerprint density at radius 1 is 1.44 bits per heavy atom. The Kier molecular flexibility index (Phi) is 4.02. The molecule has 1 N–H and O–H groups in total. The summed E-state index contributed by atoms with van der Waals surface area (Å²) >= 11 is 3.47. The average Bonchev–Trinajstić information content (AvgIpc) is 2.25. The van der Waals surface area contributed by atoms with E-state index in [4.69, 9.17) is 4.74 Å². The van der Waals surface area contributed by atoms with Gasteiger partial charge in [0.25, 0.3) is 0 Å². The standard InChI is InChI=1S/C15H21BrO2/c1-10(2)12-8-15(17,9-12)7-11-6-13(16)4-5-14(11)18-3/h4-6,10,12,17H,7-9H2,1-3H3. The van der Waals surface area contributed by atoms with Crippen LogP contribution in [0.25, 0.3) is 0 Å². The molecule has 0 atom stereocenters. The van der Waals surface area contributed by atoms with Gasteiger partial charge in [-0.1, -0.05) is 29.8 Å². The molecule has 1 aliphatic carbocycles. The van der Waals surface area contributed by atoms with Crippen molar-refractivity contribution in [2.45, 2.75) is 38.7 Å². The predicted molar refractivity (Wildman–Crippen MR) is 76.9 cm³/mol. The molecule has 1 fully saturated rings. The molecule has 2 nitrogen and oxygen atoms in total. The van der Waals surface area contributed by atoms with Crippen molar-refractivity contribution in [2.24, 2.45) is 11.8 Å². The van der Waals surface area contributed by atoms with Crippen LogP contribution < -0.4 is 4.74 Å². The van der Waals surface area contributed by atoms with Gasteiger partial charge < -0.3 is 9.84 Å².